The number of anilines is 1. The molecule has 1 unspecified atom stereocenters. The van der Waals surface area contributed by atoms with Crippen LogP contribution in [-0.4, -0.2) is 55.0 Å². The molecule has 2 aromatic rings. The van der Waals surface area contributed by atoms with Crippen molar-refractivity contribution in [3.05, 3.63) is 65.2 Å². The number of Topliss-reactive ketones (excluding diaryl/α,β-unsaturated/α-hetero) is 1. The number of nitrogens with two attached hydrogens (primary N) is 1. The van der Waals surface area contributed by atoms with Crippen LogP contribution in [0.5, 0.6) is 0 Å². The zero-order chi connectivity index (χ0) is 23.6. The summed E-state index contributed by atoms with van der Waals surface area (Å²) in [7, 11) is 0. The molecule has 33 heavy (non-hydrogen) atoms. The third kappa shape index (κ3) is 6.99. The van der Waals surface area contributed by atoms with Crippen LogP contribution in [0, 0.1) is 17.8 Å². The van der Waals surface area contributed by atoms with Gasteiger partial charge in [0.1, 0.15) is 12.6 Å². The summed E-state index contributed by atoms with van der Waals surface area (Å²) < 4.78 is 0. The first-order chi connectivity index (χ1) is 16.0. The van der Waals surface area contributed by atoms with E-state index < -0.39 is 24.3 Å². The van der Waals surface area contributed by atoms with Crippen LogP contribution in [0.3, 0.4) is 0 Å². The lowest BCUT2D eigenvalue weighted by molar-refractivity contribution is -0.123. The minimum atomic E-state index is -0.922. The molecule has 172 valence electrons. The van der Waals surface area contributed by atoms with E-state index in [0.717, 1.165) is 36.2 Å². The first-order valence-electron chi connectivity index (χ1n) is 10.9. The van der Waals surface area contributed by atoms with Crippen molar-refractivity contribution in [1.82, 2.24) is 10.6 Å². The summed E-state index contributed by atoms with van der Waals surface area (Å²) in [6, 6.07) is 13.0. The highest BCUT2D eigenvalue weighted by atomic mass is 16.3. The molecule has 0 aromatic heterocycles. The van der Waals surface area contributed by atoms with Gasteiger partial charge in [-0.25, -0.2) is 0 Å². The Balaban J connectivity index is 1.57. The Bertz CT molecular complexity index is 1030. The van der Waals surface area contributed by atoms with E-state index in [1.54, 1.807) is 24.3 Å². The molecule has 6 N–H and O–H groups in total. The summed E-state index contributed by atoms with van der Waals surface area (Å²) in [5.41, 5.74) is 8.08. The summed E-state index contributed by atoms with van der Waals surface area (Å²) >= 11 is 0. The Hall–Kier alpha value is -3.51. The van der Waals surface area contributed by atoms with E-state index in [2.05, 4.69) is 27.8 Å². The quantitative estimate of drug-likeness (QED) is 0.395. The van der Waals surface area contributed by atoms with Gasteiger partial charge in [-0.15, -0.1) is 0 Å². The standard InChI is InChI=1S/C25H28N4O4/c26-14-22(23(31)16-30)29-24(32)19-9-5-17(6-10-19)3-4-18-7-11-21(12-8-18)28-25(33)20-2-1-13-27-15-20/h5-12,20,22,27,30H,1-2,13-16,26H2,(H,28,33)(H,29,32)/t20?,22-/m0/s1. The molecule has 3 rings (SSSR count). The first-order valence-corrected chi connectivity index (χ1v) is 10.9. The van der Waals surface area contributed by atoms with Crippen molar-refractivity contribution in [2.24, 2.45) is 11.7 Å². The molecule has 2 atom stereocenters. The van der Waals surface area contributed by atoms with E-state index in [1.807, 2.05) is 24.3 Å². The monoisotopic (exact) mass is 448 g/mol. The van der Waals surface area contributed by atoms with Gasteiger partial charge in [0.2, 0.25) is 5.91 Å². The maximum atomic E-state index is 12.3. The highest BCUT2D eigenvalue weighted by molar-refractivity contribution is 5.98. The average Bonchev–Trinajstić information content (AvgIpc) is 2.87. The summed E-state index contributed by atoms with van der Waals surface area (Å²) in [5, 5.41) is 17.6. The Morgan fingerprint density at radius 3 is 2.24 bits per heavy atom. The molecule has 8 nitrogen and oxygen atoms in total. The number of aliphatic hydroxyl groups excluding tert-OH is 1. The SMILES string of the molecule is NC[C@H](NC(=O)c1ccc(C#Cc2ccc(NC(=O)C3CCCNC3)cc2)cc1)C(=O)CO. The lowest BCUT2D eigenvalue weighted by Gasteiger charge is -2.21. The minimum absolute atomic E-state index is 0.000343. The van der Waals surface area contributed by atoms with Gasteiger partial charge in [0.25, 0.3) is 5.91 Å². The normalized spacial score (nSPS) is 16.1. The van der Waals surface area contributed by atoms with Gasteiger partial charge in [-0.05, 0) is 67.9 Å². The van der Waals surface area contributed by atoms with Crippen molar-refractivity contribution in [2.45, 2.75) is 18.9 Å². The van der Waals surface area contributed by atoms with Crippen LogP contribution in [0.15, 0.2) is 48.5 Å². The maximum Gasteiger partial charge on any atom is 0.251 e. The van der Waals surface area contributed by atoms with Gasteiger partial charge in [0.05, 0.1) is 5.92 Å². The summed E-state index contributed by atoms with van der Waals surface area (Å²) in [4.78, 5) is 36.1. The lowest BCUT2D eigenvalue weighted by atomic mass is 9.99. The van der Waals surface area contributed by atoms with E-state index >= 15 is 0 Å². The Morgan fingerprint density at radius 2 is 1.70 bits per heavy atom. The number of carbonyl (C=O) groups excluding carboxylic acids is 3. The second-order valence-corrected chi connectivity index (χ2v) is 7.82. The molecule has 0 aliphatic carbocycles. The average molecular weight is 449 g/mol. The van der Waals surface area contributed by atoms with Gasteiger partial charge in [-0.2, -0.15) is 0 Å². The lowest BCUT2D eigenvalue weighted by Crippen LogP contribution is -2.46. The van der Waals surface area contributed by atoms with Crippen LogP contribution in [0.2, 0.25) is 0 Å². The molecule has 1 heterocycles. The number of carbonyl (C=O) groups is 3. The van der Waals surface area contributed by atoms with Crippen LogP contribution in [0.25, 0.3) is 0 Å². The number of benzene rings is 2. The number of ketones is 1. The van der Waals surface area contributed by atoms with Crippen molar-refractivity contribution in [1.29, 1.82) is 0 Å². The summed E-state index contributed by atoms with van der Waals surface area (Å²) in [6.07, 6.45) is 1.91. The van der Waals surface area contributed by atoms with Crippen LogP contribution in [0.4, 0.5) is 5.69 Å². The summed E-state index contributed by atoms with van der Waals surface area (Å²) in [6.45, 7) is 0.911. The van der Waals surface area contributed by atoms with Crippen molar-refractivity contribution in [2.75, 3.05) is 31.6 Å². The fourth-order valence-corrected chi connectivity index (χ4v) is 3.43. The molecule has 1 fully saturated rings. The van der Waals surface area contributed by atoms with Crippen LogP contribution in [0.1, 0.15) is 34.3 Å². The van der Waals surface area contributed by atoms with Crippen LogP contribution >= 0.6 is 0 Å². The molecule has 1 saturated heterocycles. The predicted octanol–water partition coefficient (Wildman–Crippen LogP) is 0.643. The topological polar surface area (TPSA) is 134 Å². The molecule has 8 heteroatoms. The molecule has 0 saturated carbocycles. The fourth-order valence-electron chi connectivity index (χ4n) is 3.43. The second kappa shape index (κ2) is 11.9. The van der Waals surface area contributed by atoms with Gasteiger partial charge in [0.15, 0.2) is 5.78 Å². The first kappa shape index (κ1) is 24.1. The maximum absolute atomic E-state index is 12.3. The third-order valence-corrected chi connectivity index (χ3v) is 5.40. The fraction of sp³-hybridized carbons (Fsp3) is 0.320. The number of rotatable bonds is 7. The highest BCUT2D eigenvalue weighted by Crippen LogP contribution is 2.15. The van der Waals surface area contributed by atoms with Crippen molar-refractivity contribution in [3.63, 3.8) is 0 Å². The van der Waals surface area contributed by atoms with Crippen LogP contribution in [-0.2, 0) is 9.59 Å². The highest BCUT2D eigenvalue weighted by Gasteiger charge is 2.21. The summed E-state index contributed by atoms with van der Waals surface area (Å²) in [5.74, 6) is 5.13. The van der Waals surface area contributed by atoms with Gasteiger partial charge < -0.3 is 26.8 Å². The molecule has 2 amide bonds. The van der Waals surface area contributed by atoms with Gasteiger partial charge >= 0.3 is 0 Å². The Kier molecular flexibility index (Phi) is 8.72. The van der Waals surface area contributed by atoms with Crippen molar-refractivity contribution in [3.8, 4) is 11.8 Å². The predicted molar refractivity (Wildman–Crippen MR) is 125 cm³/mol. The molecule has 0 spiro atoms. The Labute approximate surface area is 192 Å². The van der Waals surface area contributed by atoms with Gasteiger partial charge in [-0.1, -0.05) is 11.8 Å². The van der Waals surface area contributed by atoms with Crippen molar-refractivity contribution < 1.29 is 19.5 Å². The van der Waals surface area contributed by atoms with E-state index in [1.165, 1.54) is 0 Å². The zero-order valence-corrected chi connectivity index (χ0v) is 18.3. The van der Waals surface area contributed by atoms with Crippen LogP contribution < -0.4 is 21.7 Å². The number of piperidine rings is 1. The molecule has 2 aromatic carbocycles. The van der Waals surface area contributed by atoms with Crippen molar-refractivity contribution >= 4 is 23.3 Å². The number of nitrogens with one attached hydrogen (secondary N) is 3. The number of hydrogen-bond acceptors (Lipinski definition) is 6. The smallest absolute Gasteiger partial charge is 0.251 e. The Morgan fingerprint density at radius 1 is 1.06 bits per heavy atom. The third-order valence-electron chi connectivity index (χ3n) is 5.40. The molecule has 1 aliphatic heterocycles. The number of aliphatic hydroxyl groups is 1. The minimum Gasteiger partial charge on any atom is -0.388 e. The molecule has 0 radical (unpaired) electrons. The van der Waals surface area contributed by atoms with E-state index in [-0.39, 0.29) is 18.4 Å². The second-order valence-electron chi connectivity index (χ2n) is 7.82. The molecular weight excluding hydrogens is 420 g/mol. The van der Waals surface area contributed by atoms with E-state index in [4.69, 9.17) is 10.8 Å². The number of amides is 2. The molecule has 1 aliphatic rings. The van der Waals surface area contributed by atoms with Gasteiger partial charge in [-0.3, -0.25) is 14.4 Å². The molecular formula is C25H28N4O4. The van der Waals surface area contributed by atoms with Gasteiger partial charge in [0, 0.05) is 35.5 Å². The largest absolute Gasteiger partial charge is 0.388 e. The number of hydrogen-bond donors (Lipinski definition) is 5. The zero-order valence-electron chi connectivity index (χ0n) is 18.3. The molecule has 0 bridgehead atoms. The van der Waals surface area contributed by atoms with E-state index in [0.29, 0.717) is 12.1 Å². The van der Waals surface area contributed by atoms with E-state index in [9.17, 15) is 14.4 Å².